The Hall–Kier alpha value is -0.580. The number of piperidine rings is 1. The quantitative estimate of drug-likeness (QED) is 0.838. The molecule has 0 bridgehead atoms. The van der Waals surface area contributed by atoms with Gasteiger partial charge >= 0.3 is 0 Å². The molecule has 3 heterocycles. The van der Waals surface area contributed by atoms with E-state index in [0.717, 1.165) is 23.9 Å². The van der Waals surface area contributed by atoms with Crippen LogP contribution in [-0.2, 0) is 0 Å². The number of carbonyl (C=O) groups excluding carboxylic acids is 1. The Kier molecular flexibility index (Phi) is 3.95. The fraction of sp³-hybridized carbons (Fsp3) is 0.706. The monoisotopic (exact) mass is 338 g/mol. The van der Waals surface area contributed by atoms with Crippen molar-refractivity contribution < 1.29 is 4.79 Å². The van der Waals surface area contributed by atoms with E-state index in [1.807, 2.05) is 12.1 Å². The van der Waals surface area contributed by atoms with Crippen molar-refractivity contribution >= 4 is 28.8 Å². The average molecular weight is 339 g/mol. The first kappa shape index (κ1) is 15.0. The maximum absolute atomic E-state index is 12.6. The van der Waals surface area contributed by atoms with Gasteiger partial charge in [0.15, 0.2) is 0 Å². The summed E-state index contributed by atoms with van der Waals surface area (Å²) in [6.45, 7) is 5.58. The first-order valence-corrected chi connectivity index (χ1v) is 9.60. The van der Waals surface area contributed by atoms with Crippen LogP contribution >= 0.6 is 22.9 Å². The van der Waals surface area contributed by atoms with Gasteiger partial charge in [0.05, 0.1) is 9.21 Å². The predicted octanol–water partition coefficient (Wildman–Crippen LogP) is 3.74. The second kappa shape index (κ2) is 5.81. The number of halogens is 1. The lowest BCUT2D eigenvalue weighted by Crippen LogP contribution is -2.45. The molecule has 1 spiro atoms. The zero-order chi connectivity index (χ0) is 15.2. The van der Waals surface area contributed by atoms with E-state index in [1.54, 1.807) is 0 Å². The molecular formula is C17H23ClN2OS. The molecule has 1 atom stereocenters. The van der Waals surface area contributed by atoms with Gasteiger partial charge in [0.2, 0.25) is 0 Å². The summed E-state index contributed by atoms with van der Waals surface area (Å²) in [6.07, 6.45) is 6.59. The molecule has 1 aromatic rings. The minimum absolute atomic E-state index is 0.174. The predicted molar refractivity (Wildman–Crippen MR) is 90.7 cm³/mol. The molecule has 0 radical (unpaired) electrons. The molecule has 4 rings (SSSR count). The van der Waals surface area contributed by atoms with E-state index < -0.39 is 0 Å². The van der Waals surface area contributed by atoms with Gasteiger partial charge in [-0.3, -0.25) is 4.79 Å². The Balaban J connectivity index is 1.41. The number of amides is 1. The smallest absolute Gasteiger partial charge is 0.263 e. The SMILES string of the molecule is O=C(c1ccc(Cl)s1)N1CC[C@]2(CCCN(CC3CC3)C2)C1. The molecule has 3 aliphatic rings. The fourth-order valence-corrected chi connectivity index (χ4v) is 5.17. The van der Waals surface area contributed by atoms with Crippen molar-refractivity contribution in [2.45, 2.75) is 32.1 Å². The first-order valence-electron chi connectivity index (χ1n) is 8.41. The number of hydrogen-bond donors (Lipinski definition) is 0. The summed E-state index contributed by atoms with van der Waals surface area (Å²) in [7, 11) is 0. The third kappa shape index (κ3) is 3.06. The summed E-state index contributed by atoms with van der Waals surface area (Å²) in [5.74, 6) is 1.13. The zero-order valence-electron chi connectivity index (χ0n) is 12.9. The van der Waals surface area contributed by atoms with Gasteiger partial charge in [0, 0.05) is 31.6 Å². The van der Waals surface area contributed by atoms with Crippen LogP contribution in [-0.4, -0.2) is 48.4 Å². The Morgan fingerprint density at radius 1 is 1.27 bits per heavy atom. The van der Waals surface area contributed by atoms with E-state index in [1.165, 1.54) is 63.1 Å². The number of likely N-dealkylation sites (tertiary alicyclic amines) is 2. The van der Waals surface area contributed by atoms with Crippen LogP contribution in [0.5, 0.6) is 0 Å². The van der Waals surface area contributed by atoms with Gasteiger partial charge in [-0.2, -0.15) is 0 Å². The van der Waals surface area contributed by atoms with Crippen molar-refractivity contribution in [1.29, 1.82) is 0 Å². The van der Waals surface area contributed by atoms with Gasteiger partial charge in [-0.1, -0.05) is 11.6 Å². The van der Waals surface area contributed by atoms with Crippen LogP contribution in [0, 0.1) is 11.3 Å². The van der Waals surface area contributed by atoms with Crippen molar-refractivity contribution in [1.82, 2.24) is 9.80 Å². The van der Waals surface area contributed by atoms with Gasteiger partial charge in [-0.15, -0.1) is 11.3 Å². The van der Waals surface area contributed by atoms with Crippen molar-refractivity contribution in [3.8, 4) is 0 Å². The largest absolute Gasteiger partial charge is 0.337 e. The van der Waals surface area contributed by atoms with Crippen molar-refractivity contribution in [3.63, 3.8) is 0 Å². The van der Waals surface area contributed by atoms with Crippen molar-refractivity contribution in [3.05, 3.63) is 21.3 Å². The number of thiophene rings is 1. The lowest BCUT2D eigenvalue weighted by atomic mass is 9.79. The van der Waals surface area contributed by atoms with Gasteiger partial charge in [0.1, 0.15) is 0 Å². The molecule has 1 saturated carbocycles. The molecule has 22 heavy (non-hydrogen) atoms. The van der Waals surface area contributed by atoms with Crippen molar-refractivity contribution in [2.75, 3.05) is 32.7 Å². The highest BCUT2D eigenvalue weighted by molar-refractivity contribution is 7.17. The highest BCUT2D eigenvalue weighted by Gasteiger charge is 2.43. The van der Waals surface area contributed by atoms with Crippen molar-refractivity contribution in [2.24, 2.45) is 11.3 Å². The standard InChI is InChI=1S/C17H23ClN2OS/c18-15-5-4-14(22-15)16(21)20-9-7-17(12-20)6-1-8-19(11-17)10-13-2-3-13/h4-5,13H,1-3,6-12H2/t17-/m0/s1. The van der Waals surface area contributed by atoms with E-state index in [0.29, 0.717) is 9.75 Å². The van der Waals surface area contributed by atoms with E-state index in [4.69, 9.17) is 11.6 Å². The average Bonchev–Trinajstić information content (AvgIpc) is 3.06. The molecule has 2 saturated heterocycles. The summed E-state index contributed by atoms with van der Waals surface area (Å²) in [6, 6.07) is 3.68. The Morgan fingerprint density at radius 3 is 2.86 bits per heavy atom. The summed E-state index contributed by atoms with van der Waals surface area (Å²) >= 11 is 7.37. The number of rotatable bonds is 3. The minimum atomic E-state index is 0.174. The number of carbonyl (C=O) groups is 1. The Morgan fingerprint density at radius 2 is 2.14 bits per heavy atom. The van der Waals surface area contributed by atoms with E-state index in [9.17, 15) is 4.79 Å². The molecule has 0 aromatic carbocycles. The highest BCUT2D eigenvalue weighted by Crippen LogP contribution is 2.41. The lowest BCUT2D eigenvalue weighted by molar-refractivity contribution is 0.0685. The van der Waals surface area contributed by atoms with Crippen LogP contribution < -0.4 is 0 Å². The molecular weight excluding hydrogens is 316 g/mol. The normalized spacial score (nSPS) is 29.4. The van der Waals surface area contributed by atoms with Crippen LogP contribution in [0.3, 0.4) is 0 Å². The Bertz CT molecular complexity index is 571. The molecule has 5 heteroatoms. The summed E-state index contributed by atoms with van der Waals surface area (Å²) < 4.78 is 0.700. The zero-order valence-corrected chi connectivity index (χ0v) is 14.5. The van der Waals surface area contributed by atoms with Gasteiger partial charge in [0.25, 0.3) is 5.91 Å². The maximum atomic E-state index is 12.6. The molecule has 2 aliphatic heterocycles. The highest BCUT2D eigenvalue weighted by atomic mass is 35.5. The van der Waals surface area contributed by atoms with Crippen LogP contribution in [0.25, 0.3) is 0 Å². The first-order chi connectivity index (χ1) is 10.6. The fourth-order valence-electron chi connectivity index (χ4n) is 4.16. The van der Waals surface area contributed by atoms with Gasteiger partial charge < -0.3 is 9.80 Å². The van der Waals surface area contributed by atoms with Gasteiger partial charge in [-0.25, -0.2) is 0 Å². The van der Waals surface area contributed by atoms with Crippen LogP contribution in [0.1, 0.15) is 41.8 Å². The summed E-state index contributed by atoms with van der Waals surface area (Å²) in [5, 5.41) is 0. The van der Waals surface area contributed by atoms with Gasteiger partial charge in [-0.05, 0) is 56.7 Å². The molecule has 120 valence electrons. The molecule has 1 aliphatic carbocycles. The third-order valence-corrected chi connectivity index (χ3v) is 6.68. The number of hydrogen-bond acceptors (Lipinski definition) is 3. The second-order valence-corrected chi connectivity index (χ2v) is 9.08. The molecule has 1 amide bonds. The summed E-state index contributed by atoms with van der Waals surface area (Å²) in [5.41, 5.74) is 0.351. The second-order valence-electron chi connectivity index (χ2n) is 7.36. The lowest BCUT2D eigenvalue weighted by Gasteiger charge is -2.40. The summed E-state index contributed by atoms with van der Waals surface area (Å²) in [4.78, 5) is 18.1. The number of nitrogens with zero attached hydrogens (tertiary/aromatic N) is 2. The third-order valence-electron chi connectivity index (χ3n) is 5.46. The Labute approximate surface area is 141 Å². The molecule has 3 fully saturated rings. The molecule has 1 aromatic heterocycles. The van der Waals surface area contributed by atoms with E-state index in [-0.39, 0.29) is 5.91 Å². The van der Waals surface area contributed by atoms with Crippen LogP contribution in [0.4, 0.5) is 0 Å². The van der Waals surface area contributed by atoms with Crippen LogP contribution in [0.2, 0.25) is 4.34 Å². The van der Waals surface area contributed by atoms with E-state index >= 15 is 0 Å². The maximum Gasteiger partial charge on any atom is 0.263 e. The van der Waals surface area contributed by atoms with E-state index in [2.05, 4.69) is 9.80 Å². The topological polar surface area (TPSA) is 23.6 Å². The molecule has 3 nitrogen and oxygen atoms in total. The minimum Gasteiger partial charge on any atom is -0.337 e. The molecule has 0 unspecified atom stereocenters. The van der Waals surface area contributed by atoms with Crippen LogP contribution in [0.15, 0.2) is 12.1 Å². The molecule has 0 N–H and O–H groups in total.